The van der Waals surface area contributed by atoms with Crippen molar-refractivity contribution in [2.45, 2.75) is 0 Å². The van der Waals surface area contributed by atoms with Crippen molar-refractivity contribution in [3.8, 4) is 23.6 Å². The van der Waals surface area contributed by atoms with E-state index in [1.165, 1.54) is 22.7 Å². The Bertz CT molecular complexity index is 1260. The number of phenols is 1. The Balaban J connectivity index is 0.000000192. The molecule has 0 saturated carbocycles. The normalized spacial score (nSPS) is 9.39. The maximum Gasteiger partial charge on any atom is 0.121 e. The number of hydrogen-bond acceptors (Lipinski definition) is 6. The predicted octanol–water partition coefficient (Wildman–Crippen LogP) is 7.38. The first-order valence-electron chi connectivity index (χ1n) is 9.01. The molecule has 2 aromatic heterocycles. The van der Waals surface area contributed by atoms with Crippen molar-refractivity contribution in [3.05, 3.63) is 83.6 Å². The number of halogens is 1. The number of benzene rings is 2. The van der Waals surface area contributed by atoms with Gasteiger partial charge in [-0.1, -0.05) is 34.7 Å². The highest BCUT2D eigenvalue weighted by Gasteiger charge is 2.02. The average Bonchev–Trinajstić information content (AvgIpc) is 3.40. The van der Waals surface area contributed by atoms with Crippen molar-refractivity contribution < 1.29 is 9.84 Å². The van der Waals surface area contributed by atoms with E-state index in [1.807, 2.05) is 36.4 Å². The van der Waals surface area contributed by atoms with E-state index in [-0.39, 0.29) is 5.75 Å². The minimum atomic E-state index is 0.244. The lowest BCUT2D eigenvalue weighted by atomic mass is 10.2. The van der Waals surface area contributed by atoms with Gasteiger partial charge in [-0.15, -0.1) is 29.3 Å². The van der Waals surface area contributed by atoms with E-state index in [0.29, 0.717) is 11.5 Å². The zero-order chi connectivity index (χ0) is 22.6. The Morgan fingerprint density at radius 1 is 0.903 bits per heavy atom. The molecule has 0 aliphatic carbocycles. The molecule has 0 fully saturated rings. The predicted molar refractivity (Wildman–Crippen MR) is 134 cm³/mol. The Morgan fingerprint density at radius 3 is 1.97 bits per heavy atom. The molecule has 2 aromatic carbocycles. The van der Waals surface area contributed by atoms with E-state index in [1.54, 1.807) is 24.3 Å². The lowest BCUT2D eigenvalue weighted by Crippen LogP contribution is -1.91. The molecule has 2 heterocycles. The summed E-state index contributed by atoms with van der Waals surface area (Å²) >= 11 is 6.00. The van der Waals surface area contributed by atoms with Crippen LogP contribution in [0.4, 0.5) is 0 Å². The summed E-state index contributed by atoms with van der Waals surface area (Å²) in [6.07, 6.45) is 3.50. The third-order valence-electron chi connectivity index (χ3n) is 3.69. The fourth-order valence-electron chi connectivity index (χ4n) is 2.39. The Morgan fingerprint density at radius 2 is 1.45 bits per heavy atom. The molecule has 31 heavy (non-hydrogen) atoms. The molecule has 4 rings (SSSR count). The van der Waals surface area contributed by atoms with Crippen molar-refractivity contribution in [2.24, 2.45) is 0 Å². The molecule has 0 radical (unpaired) electrons. The van der Waals surface area contributed by atoms with E-state index >= 15 is 0 Å². The molecule has 0 amide bonds. The number of ether oxygens (including phenoxy) is 1. The monoisotopic (exact) mass is 510 g/mol. The van der Waals surface area contributed by atoms with Crippen molar-refractivity contribution in [1.82, 2.24) is 0 Å². The summed E-state index contributed by atoms with van der Waals surface area (Å²) in [5.41, 5.74) is 0. The molecule has 0 saturated heterocycles. The first-order valence-corrected chi connectivity index (χ1v) is 11.8. The van der Waals surface area contributed by atoms with Gasteiger partial charge in [-0.25, -0.2) is 0 Å². The molecule has 1 N–H and O–H groups in total. The zero-order valence-electron chi connectivity index (χ0n) is 16.5. The SMILES string of the molecule is C=CCBr.C=CCOc1ccc2cc(C#N)sc2c1.N#Cc1cc2ccc(O)cc2s1. The van der Waals surface area contributed by atoms with Crippen molar-refractivity contribution in [3.63, 3.8) is 0 Å². The minimum absolute atomic E-state index is 0.244. The van der Waals surface area contributed by atoms with Crippen LogP contribution in [-0.4, -0.2) is 17.0 Å². The topological polar surface area (TPSA) is 77.0 Å². The molecule has 0 bridgehead atoms. The fourth-order valence-corrected chi connectivity index (χ4v) is 4.17. The highest BCUT2D eigenvalue weighted by Crippen LogP contribution is 2.29. The first-order chi connectivity index (χ1) is 15.0. The van der Waals surface area contributed by atoms with Crippen LogP contribution >= 0.6 is 38.6 Å². The molecule has 0 aliphatic rings. The quantitative estimate of drug-likeness (QED) is 0.229. The molecule has 156 valence electrons. The van der Waals surface area contributed by atoms with Crippen LogP contribution in [0.2, 0.25) is 0 Å². The second-order valence-electron chi connectivity index (χ2n) is 5.91. The number of aromatic hydroxyl groups is 1. The van der Waals surface area contributed by atoms with E-state index in [9.17, 15) is 0 Å². The molecule has 7 heteroatoms. The first kappa shape index (κ1) is 24.2. The minimum Gasteiger partial charge on any atom is -0.508 e. The number of rotatable bonds is 4. The molecular formula is C24H19BrN2O2S2. The van der Waals surface area contributed by atoms with Crippen LogP contribution in [-0.2, 0) is 0 Å². The van der Waals surface area contributed by atoms with Crippen LogP contribution in [0.5, 0.6) is 11.5 Å². The largest absolute Gasteiger partial charge is 0.508 e. The van der Waals surface area contributed by atoms with Gasteiger partial charge >= 0.3 is 0 Å². The standard InChI is InChI=1S/C12H9NOS.C9H5NOS.C3H5Br/c1-2-5-14-10-4-3-9-6-11(8-13)15-12(9)7-10;10-5-8-3-6-1-2-7(11)4-9(6)12-8;1-2-3-4/h2-4,6-7H,1,5H2;1-4,11H;2H,1,3H2. The Hall–Kier alpha value is -3.10. The fraction of sp³-hybridized carbons (Fsp3) is 0.0833. The van der Waals surface area contributed by atoms with Crippen LogP contribution in [0.25, 0.3) is 20.2 Å². The van der Waals surface area contributed by atoms with Crippen molar-refractivity contribution in [1.29, 1.82) is 10.5 Å². The third-order valence-corrected chi connectivity index (χ3v) is 6.16. The number of nitriles is 2. The lowest BCUT2D eigenvalue weighted by Gasteiger charge is -2.01. The number of nitrogens with zero attached hydrogens (tertiary/aromatic N) is 2. The number of phenolic OH excluding ortho intramolecular Hbond substituents is 1. The van der Waals surface area contributed by atoms with Gasteiger partial charge in [-0.05, 0) is 59.3 Å². The van der Waals surface area contributed by atoms with Crippen molar-refractivity contribution >= 4 is 58.8 Å². The summed E-state index contributed by atoms with van der Waals surface area (Å²) in [5.74, 6) is 1.06. The maximum absolute atomic E-state index is 9.14. The molecule has 4 aromatic rings. The Labute approximate surface area is 197 Å². The molecule has 4 nitrogen and oxygen atoms in total. The average molecular weight is 511 g/mol. The number of fused-ring (bicyclic) bond motifs is 2. The lowest BCUT2D eigenvalue weighted by molar-refractivity contribution is 0.364. The number of alkyl halides is 1. The maximum atomic E-state index is 9.14. The number of allylic oxidation sites excluding steroid dienone is 1. The van der Waals surface area contributed by atoms with Crippen molar-refractivity contribution in [2.75, 3.05) is 11.9 Å². The third kappa shape index (κ3) is 7.27. The molecule has 0 aliphatic heterocycles. The van der Waals surface area contributed by atoms with Gasteiger partial charge in [-0.3, -0.25) is 0 Å². The van der Waals surface area contributed by atoms with E-state index in [2.05, 4.69) is 41.2 Å². The smallest absolute Gasteiger partial charge is 0.121 e. The Kier molecular flexibility index (Phi) is 9.80. The number of thiophene rings is 2. The van der Waals surface area contributed by atoms with Gasteiger partial charge in [0.1, 0.15) is 40.0 Å². The molecular weight excluding hydrogens is 492 g/mol. The summed E-state index contributed by atoms with van der Waals surface area (Å²) < 4.78 is 7.44. The second kappa shape index (κ2) is 12.6. The van der Waals surface area contributed by atoms with Crippen LogP contribution in [0, 0.1) is 22.7 Å². The van der Waals surface area contributed by atoms with Crippen LogP contribution in [0.15, 0.2) is 73.8 Å². The summed E-state index contributed by atoms with van der Waals surface area (Å²) in [7, 11) is 0. The van der Waals surface area contributed by atoms with E-state index in [0.717, 1.165) is 36.1 Å². The van der Waals surface area contributed by atoms with Gasteiger partial charge in [0.05, 0.1) is 0 Å². The van der Waals surface area contributed by atoms with Gasteiger partial charge in [0.15, 0.2) is 0 Å². The highest BCUT2D eigenvalue weighted by molar-refractivity contribution is 9.09. The summed E-state index contributed by atoms with van der Waals surface area (Å²) in [6, 6.07) is 18.8. The molecule has 0 atom stereocenters. The van der Waals surface area contributed by atoms with Gasteiger partial charge in [0, 0.05) is 14.7 Å². The van der Waals surface area contributed by atoms with E-state index in [4.69, 9.17) is 20.4 Å². The van der Waals surface area contributed by atoms with Gasteiger partial charge in [0.25, 0.3) is 0 Å². The van der Waals surface area contributed by atoms with E-state index < -0.39 is 0 Å². The molecule has 0 unspecified atom stereocenters. The van der Waals surface area contributed by atoms with Gasteiger partial charge in [0.2, 0.25) is 0 Å². The summed E-state index contributed by atoms with van der Waals surface area (Å²) in [4.78, 5) is 1.40. The highest BCUT2D eigenvalue weighted by atomic mass is 79.9. The number of hydrogen-bond donors (Lipinski definition) is 1. The zero-order valence-corrected chi connectivity index (χ0v) is 19.8. The van der Waals surface area contributed by atoms with Crippen LogP contribution < -0.4 is 4.74 Å². The summed E-state index contributed by atoms with van der Waals surface area (Å²) in [6.45, 7) is 7.52. The van der Waals surface area contributed by atoms with Crippen LogP contribution in [0.1, 0.15) is 9.75 Å². The molecule has 0 spiro atoms. The van der Waals surface area contributed by atoms with Crippen LogP contribution in [0.3, 0.4) is 0 Å². The second-order valence-corrected chi connectivity index (χ2v) is 8.72. The van der Waals surface area contributed by atoms with Gasteiger partial charge in [-0.2, -0.15) is 10.5 Å². The van der Waals surface area contributed by atoms with Gasteiger partial charge < -0.3 is 9.84 Å². The summed E-state index contributed by atoms with van der Waals surface area (Å²) in [5, 5.41) is 29.5.